The van der Waals surface area contributed by atoms with Crippen LogP contribution in [-0.4, -0.2) is 12.6 Å². The number of carbonyl (C=O) groups is 1. The largest absolute Gasteiger partial charge is 0.465 e. The fourth-order valence-electron chi connectivity index (χ4n) is 3.92. The van der Waals surface area contributed by atoms with Crippen molar-refractivity contribution in [3.63, 3.8) is 0 Å². The molecule has 0 saturated heterocycles. The summed E-state index contributed by atoms with van der Waals surface area (Å²) in [5.41, 5.74) is 0. The van der Waals surface area contributed by atoms with Crippen molar-refractivity contribution in [3.8, 4) is 0 Å². The second-order valence-electron chi connectivity index (χ2n) is 9.24. The highest BCUT2D eigenvalue weighted by molar-refractivity contribution is 5.69. The molecule has 166 valence electrons. The maximum Gasteiger partial charge on any atom is 0.305 e. The van der Waals surface area contributed by atoms with Crippen molar-refractivity contribution >= 4 is 5.97 Å². The fourth-order valence-corrected chi connectivity index (χ4v) is 3.92. The lowest BCUT2D eigenvalue weighted by molar-refractivity contribution is -0.144. The van der Waals surface area contributed by atoms with Gasteiger partial charge in [-0.1, -0.05) is 122 Å². The number of esters is 1. The van der Waals surface area contributed by atoms with E-state index in [9.17, 15) is 4.79 Å². The average Bonchev–Trinajstić information content (AvgIpc) is 3.52. The van der Waals surface area contributed by atoms with Crippen molar-refractivity contribution in [1.82, 2.24) is 0 Å². The first-order valence-electron chi connectivity index (χ1n) is 13.0. The maximum atomic E-state index is 11.5. The van der Waals surface area contributed by atoms with Gasteiger partial charge in [-0.3, -0.25) is 4.79 Å². The number of rotatable bonds is 22. The topological polar surface area (TPSA) is 26.3 Å². The van der Waals surface area contributed by atoms with E-state index in [1.807, 2.05) is 0 Å². The zero-order chi connectivity index (χ0) is 20.1. The van der Waals surface area contributed by atoms with Crippen LogP contribution in [0.2, 0.25) is 0 Å². The second-order valence-corrected chi connectivity index (χ2v) is 9.24. The van der Waals surface area contributed by atoms with E-state index in [1.165, 1.54) is 128 Å². The van der Waals surface area contributed by atoms with Crippen LogP contribution in [-0.2, 0) is 9.53 Å². The fraction of sp³-hybridized carbons (Fsp3) is 0.962. The minimum absolute atomic E-state index is 0.0267. The molecule has 0 radical (unpaired) electrons. The quantitative estimate of drug-likeness (QED) is 0.135. The number of ether oxygens (including phenoxy) is 1. The third kappa shape index (κ3) is 18.8. The predicted molar refractivity (Wildman–Crippen MR) is 122 cm³/mol. The van der Waals surface area contributed by atoms with Crippen LogP contribution < -0.4 is 0 Å². The second kappa shape index (κ2) is 19.8. The monoisotopic (exact) mass is 394 g/mol. The zero-order valence-corrected chi connectivity index (χ0v) is 19.2. The highest BCUT2D eigenvalue weighted by atomic mass is 16.5. The SMILES string of the molecule is CCCCCCCCCCCCCCCCCCCCCC(=O)OCC1CC1. The number of hydrogen-bond donors (Lipinski definition) is 0. The molecule has 0 aromatic rings. The predicted octanol–water partition coefficient (Wildman–Crippen LogP) is 8.76. The van der Waals surface area contributed by atoms with Gasteiger partial charge >= 0.3 is 5.97 Å². The van der Waals surface area contributed by atoms with E-state index >= 15 is 0 Å². The normalized spacial score (nSPS) is 13.8. The van der Waals surface area contributed by atoms with Gasteiger partial charge in [0.15, 0.2) is 0 Å². The van der Waals surface area contributed by atoms with Gasteiger partial charge in [-0.25, -0.2) is 0 Å². The molecular formula is C26H50O2. The van der Waals surface area contributed by atoms with Crippen molar-refractivity contribution in [2.24, 2.45) is 5.92 Å². The van der Waals surface area contributed by atoms with Gasteiger partial charge in [-0.15, -0.1) is 0 Å². The van der Waals surface area contributed by atoms with Gasteiger partial charge in [0.1, 0.15) is 0 Å². The Labute approximate surface area is 176 Å². The van der Waals surface area contributed by atoms with E-state index in [0.29, 0.717) is 18.9 Å². The standard InChI is InChI=1S/C26H50O2/c1-2-3-4-5-6-7-8-9-10-11-12-13-14-15-16-17-18-19-20-21-26(27)28-24-25-22-23-25/h25H,2-24H2,1H3. The van der Waals surface area contributed by atoms with Crippen molar-refractivity contribution in [3.05, 3.63) is 0 Å². The van der Waals surface area contributed by atoms with Gasteiger partial charge in [-0.05, 0) is 25.2 Å². The molecule has 0 spiro atoms. The molecule has 2 nitrogen and oxygen atoms in total. The first kappa shape index (κ1) is 25.5. The molecule has 0 atom stereocenters. The molecular weight excluding hydrogens is 344 g/mol. The molecule has 0 bridgehead atoms. The Morgan fingerprint density at radius 2 is 0.964 bits per heavy atom. The Bertz CT molecular complexity index is 335. The van der Waals surface area contributed by atoms with Gasteiger partial charge in [0.05, 0.1) is 6.61 Å². The highest BCUT2D eigenvalue weighted by Gasteiger charge is 2.22. The van der Waals surface area contributed by atoms with Gasteiger partial charge in [0.2, 0.25) is 0 Å². The summed E-state index contributed by atoms with van der Waals surface area (Å²) >= 11 is 0. The highest BCUT2D eigenvalue weighted by Crippen LogP contribution is 2.28. The lowest BCUT2D eigenvalue weighted by atomic mass is 10.0. The van der Waals surface area contributed by atoms with E-state index in [-0.39, 0.29) is 5.97 Å². The van der Waals surface area contributed by atoms with Crippen LogP contribution in [0.5, 0.6) is 0 Å². The van der Waals surface area contributed by atoms with Crippen LogP contribution in [0.4, 0.5) is 0 Å². The third-order valence-electron chi connectivity index (χ3n) is 6.16. The molecule has 0 aromatic heterocycles. The van der Waals surface area contributed by atoms with Crippen molar-refractivity contribution < 1.29 is 9.53 Å². The minimum Gasteiger partial charge on any atom is -0.465 e. The van der Waals surface area contributed by atoms with E-state index in [4.69, 9.17) is 4.74 Å². The third-order valence-corrected chi connectivity index (χ3v) is 6.16. The summed E-state index contributed by atoms with van der Waals surface area (Å²) in [5, 5.41) is 0. The summed E-state index contributed by atoms with van der Waals surface area (Å²) in [6.45, 7) is 2.97. The van der Waals surface area contributed by atoms with Crippen molar-refractivity contribution in [2.45, 2.75) is 148 Å². The van der Waals surface area contributed by atoms with Crippen LogP contribution in [0.3, 0.4) is 0 Å². The first-order chi connectivity index (χ1) is 13.8. The van der Waals surface area contributed by atoms with E-state index < -0.39 is 0 Å². The Balaban J connectivity index is 1.64. The molecule has 0 aromatic carbocycles. The van der Waals surface area contributed by atoms with Crippen molar-refractivity contribution in [1.29, 1.82) is 0 Å². The summed E-state index contributed by atoms with van der Waals surface area (Å²) in [5.74, 6) is 0.716. The number of unbranched alkanes of at least 4 members (excludes halogenated alkanes) is 18. The Kier molecular flexibility index (Phi) is 18.0. The van der Waals surface area contributed by atoms with Gasteiger partial charge < -0.3 is 4.74 Å². The van der Waals surface area contributed by atoms with Crippen LogP contribution in [0.1, 0.15) is 148 Å². The molecule has 1 aliphatic carbocycles. The number of carbonyl (C=O) groups excluding carboxylic acids is 1. The molecule has 1 aliphatic rings. The summed E-state index contributed by atoms with van der Waals surface area (Å²) < 4.78 is 5.26. The Morgan fingerprint density at radius 1 is 0.607 bits per heavy atom. The minimum atomic E-state index is 0.0267. The molecule has 0 unspecified atom stereocenters. The molecule has 1 fully saturated rings. The average molecular weight is 395 g/mol. The molecule has 0 heterocycles. The van der Waals surface area contributed by atoms with Crippen LogP contribution in [0, 0.1) is 5.92 Å². The van der Waals surface area contributed by atoms with Crippen molar-refractivity contribution in [2.75, 3.05) is 6.61 Å². The summed E-state index contributed by atoms with van der Waals surface area (Å²) in [4.78, 5) is 11.5. The molecule has 0 N–H and O–H groups in total. The first-order valence-corrected chi connectivity index (χ1v) is 13.0. The van der Waals surface area contributed by atoms with Gasteiger partial charge in [-0.2, -0.15) is 0 Å². The molecule has 28 heavy (non-hydrogen) atoms. The summed E-state index contributed by atoms with van der Waals surface area (Å²) in [7, 11) is 0. The van der Waals surface area contributed by atoms with E-state index in [2.05, 4.69) is 6.92 Å². The molecule has 0 aliphatic heterocycles. The smallest absolute Gasteiger partial charge is 0.305 e. The molecule has 1 rings (SSSR count). The zero-order valence-electron chi connectivity index (χ0n) is 19.2. The molecule has 0 amide bonds. The van der Waals surface area contributed by atoms with E-state index in [0.717, 1.165) is 6.42 Å². The van der Waals surface area contributed by atoms with Crippen LogP contribution in [0.25, 0.3) is 0 Å². The van der Waals surface area contributed by atoms with Crippen LogP contribution in [0.15, 0.2) is 0 Å². The van der Waals surface area contributed by atoms with Gasteiger partial charge in [0, 0.05) is 6.42 Å². The molecule has 2 heteroatoms. The van der Waals surface area contributed by atoms with E-state index in [1.54, 1.807) is 0 Å². The Morgan fingerprint density at radius 3 is 1.32 bits per heavy atom. The lowest BCUT2D eigenvalue weighted by Crippen LogP contribution is -2.06. The summed E-state index contributed by atoms with van der Waals surface area (Å²) in [6, 6.07) is 0. The Hall–Kier alpha value is -0.530. The van der Waals surface area contributed by atoms with Gasteiger partial charge in [0.25, 0.3) is 0 Å². The lowest BCUT2D eigenvalue weighted by Gasteiger charge is -2.04. The number of hydrogen-bond acceptors (Lipinski definition) is 2. The maximum absolute atomic E-state index is 11.5. The summed E-state index contributed by atoms with van der Waals surface area (Å²) in [6.07, 6.45) is 29.5. The molecule has 1 saturated carbocycles. The van der Waals surface area contributed by atoms with Crippen LogP contribution >= 0.6 is 0 Å².